The highest BCUT2D eigenvalue weighted by molar-refractivity contribution is 6.08. The molecule has 0 amide bonds. The van der Waals surface area contributed by atoms with Gasteiger partial charge < -0.3 is 5.11 Å². The van der Waals surface area contributed by atoms with Crippen LogP contribution in [0.3, 0.4) is 0 Å². The van der Waals surface area contributed by atoms with E-state index in [9.17, 15) is 4.79 Å². The molecule has 0 unspecified atom stereocenters. The number of hydrogen-bond donors (Lipinski definition) is 1. The standard InChI is InChI=1S/C7H9NO2/c1-3-4-6(5-8-2)7(9)10/h3-5H,1H2,2H3,(H,9,10)/b6-4+,8-5?. The van der Waals surface area contributed by atoms with E-state index in [1.807, 2.05) is 0 Å². The smallest absolute Gasteiger partial charge is 0.337 e. The molecule has 0 rings (SSSR count). The highest BCUT2D eigenvalue weighted by atomic mass is 16.4. The van der Waals surface area contributed by atoms with Gasteiger partial charge in [-0.3, -0.25) is 4.99 Å². The molecule has 0 aromatic carbocycles. The Balaban J connectivity index is 4.41. The second-order valence-electron chi connectivity index (χ2n) is 1.55. The second-order valence-corrected chi connectivity index (χ2v) is 1.55. The van der Waals surface area contributed by atoms with Gasteiger partial charge in [0.15, 0.2) is 0 Å². The van der Waals surface area contributed by atoms with Gasteiger partial charge in [-0.05, 0) is 6.08 Å². The van der Waals surface area contributed by atoms with Crippen molar-refractivity contribution in [1.29, 1.82) is 0 Å². The van der Waals surface area contributed by atoms with E-state index in [4.69, 9.17) is 5.11 Å². The SMILES string of the molecule is C=C/C=C(\C=NC)C(=O)O. The average Bonchev–Trinajstić information content (AvgIpc) is 1.87. The molecule has 0 aliphatic heterocycles. The Morgan fingerprint density at radius 2 is 2.30 bits per heavy atom. The minimum absolute atomic E-state index is 0.137. The van der Waals surface area contributed by atoms with E-state index < -0.39 is 5.97 Å². The molecule has 0 aliphatic rings. The van der Waals surface area contributed by atoms with Crippen molar-refractivity contribution in [2.45, 2.75) is 0 Å². The number of aliphatic carboxylic acids is 1. The zero-order chi connectivity index (χ0) is 7.98. The summed E-state index contributed by atoms with van der Waals surface area (Å²) in [5, 5.41) is 8.43. The van der Waals surface area contributed by atoms with E-state index in [0.29, 0.717) is 0 Å². The van der Waals surface area contributed by atoms with Crippen LogP contribution in [0, 0.1) is 0 Å². The first-order valence-corrected chi connectivity index (χ1v) is 2.70. The first-order valence-electron chi connectivity index (χ1n) is 2.70. The molecule has 0 radical (unpaired) electrons. The Labute approximate surface area is 59.4 Å². The van der Waals surface area contributed by atoms with Crippen molar-refractivity contribution in [2.24, 2.45) is 4.99 Å². The summed E-state index contributed by atoms with van der Waals surface area (Å²) >= 11 is 0. The van der Waals surface area contributed by atoms with Crippen molar-refractivity contribution < 1.29 is 9.90 Å². The van der Waals surface area contributed by atoms with E-state index >= 15 is 0 Å². The van der Waals surface area contributed by atoms with E-state index in [1.165, 1.54) is 25.4 Å². The molecular weight excluding hydrogens is 130 g/mol. The summed E-state index contributed by atoms with van der Waals surface area (Å²) in [6, 6.07) is 0. The predicted octanol–water partition coefficient (Wildman–Crippen LogP) is 0.884. The Kier molecular flexibility index (Phi) is 3.87. The summed E-state index contributed by atoms with van der Waals surface area (Å²) in [5.41, 5.74) is 0.137. The maximum atomic E-state index is 10.3. The first-order chi connectivity index (χ1) is 4.72. The van der Waals surface area contributed by atoms with Gasteiger partial charge in [-0.1, -0.05) is 12.7 Å². The van der Waals surface area contributed by atoms with E-state index in [1.54, 1.807) is 0 Å². The van der Waals surface area contributed by atoms with E-state index in [0.717, 1.165) is 0 Å². The molecule has 54 valence electrons. The van der Waals surface area contributed by atoms with Crippen LogP contribution in [0.4, 0.5) is 0 Å². The lowest BCUT2D eigenvalue weighted by atomic mass is 10.3. The maximum Gasteiger partial charge on any atom is 0.337 e. The molecule has 1 N–H and O–H groups in total. The average molecular weight is 139 g/mol. The van der Waals surface area contributed by atoms with Gasteiger partial charge in [0, 0.05) is 13.3 Å². The molecule has 0 saturated heterocycles. The van der Waals surface area contributed by atoms with Gasteiger partial charge in [0.2, 0.25) is 0 Å². The highest BCUT2D eigenvalue weighted by Crippen LogP contribution is 1.89. The summed E-state index contributed by atoms with van der Waals surface area (Å²) in [6.07, 6.45) is 4.06. The number of rotatable bonds is 3. The van der Waals surface area contributed by atoms with Gasteiger partial charge in [-0.2, -0.15) is 0 Å². The monoisotopic (exact) mass is 139 g/mol. The van der Waals surface area contributed by atoms with Crippen LogP contribution in [0.25, 0.3) is 0 Å². The number of carboxylic acid groups (broad SMARTS) is 1. The summed E-state index contributed by atoms with van der Waals surface area (Å²) in [6.45, 7) is 3.36. The van der Waals surface area contributed by atoms with Gasteiger partial charge in [0.05, 0.1) is 5.57 Å². The van der Waals surface area contributed by atoms with E-state index in [-0.39, 0.29) is 5.57 Å². The minimum Gasteiger partial charge on any atom is -0.478 e. The van der Waals surface area contributed by atoms with Crippen molar-refractivity contribution in [1.82, 2.24) is 0 Å². The molecule has 0 aromatic rings. The number of carbonyl (C=O) groups is 1. The molecule has 0 atom stereocenters. The third-order valence-electron chi connectivity index (χ3n) is 0.813. The van der Waals surface area contributed by atoms with Crippen molar-refractivity contribution in [2.75, 3.05) is 7.05 Å². The molecule has 0 spiro atoms. The molecular formula is C7H9NO2. The minimum atomic E-state index is -0.995. The lowest BCUT2D eigenvalue weighted by Crippen LogP contribution is -2.00. The second kappa shape index (κ2) is 4.49. The van der Waals surface area contributed by atoms with Gasteiger partial charge in [0.1, 0.15) is 0 Å². The molecule has 10 heavy (non-hydrogen) atoms. The fraction of sp³-hybridized carbons (Fsp3) is 0.143. The lowest BCUT2D eigenvalue weighted by Gasteiger charge is -1.88. The van der Waals surface area contributed by atoms with Crippen molar-refractivity contribution >= 4 is 12.2 Å². The summed E-state index contributed by atoms with van der Waals surface area (Å²) in [5.74, 6) is -0.995. The summed E-state index contributed by atoms with van der Waals surface area (Å²) in [7, 11) is 1.51. The van der Waals surface area contributed by atoms with Crippen molar-refractivity contribution in [3.05, 3.63) is 24.3 Å². The molecule has 0 aromatic heterocycles. The van der Waals surface area contributed by atoms with Crippen molar-refractivity contribution in [3.63, 3.8) is 0 Å². The van der Waals surface area contributed by atoms with Crippen LogP contribution in [0.2, 0.25) is 0 Å². The third-order valence-corrected chi connectivity index (χ3v) is 0.813. The topological polar surface area (TPSA) is 49.7 Å². The molecule has 3 heteroatoms. The van der Waals surface area contributed by atoms with Crippen LogP contribution < -0.4 is 0 Å². The van der Waals surface area contributed by atoms with Crippen molar-refractivity contribution in [3.8, 4) is 0 Å². The summed E-state index contributed by atoms with van der Waals surface area (Å²) < 4.78 is 0. The number of aliphatic imine (C=N–C) groups is 1. The number of carboxylic acids is 1. The molecule has 0 aliphatic carbocycles. The fourth-order valence-corrected chi connectivity index (χ4v) is 0.436. The Morgan fingerprint density at radius 3 is 2.60 bits per heavy atom. The van der Waals surface area contributed by atoms with Gasteiger partial charge in [-0.15, -0.1) is 0 Å². The van der Waals surface area contributed by atoms with Crippen LogP contribution in [-0.2, 0) is 4.79 Å². The quantitative estimate of drug-likeness (QED) is 0.358. The molecule has 0 fully saturated rings. The Bertz CT molecular complexity index is 192. The normalized spacial score (nSPS) is 11.9. The first kappa shape index (κ1) is 8.62. The van der Waals surface area contributed by atoms with Crippen LogP contribution in [0.1, 0.15) is 0 Å². The number of hydrogen-bond acceptors (Lipinski definition) is 2. The largest absolute Gasteiger partial charge is 0.478 e. The number of allylic oxidation sites excluding steroid dienone is 2. The zero-order valence-electron chi connectivity index (χ0n) is 5.74. The molecule has 0 saturated carbocycles. The maximum absolute atomic E-state index is 10.3. The van der Waals surface area contributed by atoms with Crippen LogP contribution in [0.5, 0.6) is 0 Å². The fourth-order valence-electron chi connectivity index (χ4n) is 0.436. The van der Waals surface area contributed by atoms with Crippen LogP contribution in [0.15, 0.2) is 29.3 Å². The molecule has 3 nitrogen and oxygen atoms in total. The van der Waals surface area contributed by atoms with Crippen LogP contribution >= 0.6 is 0 Å². The molecule has 0 bridgehead atoms. The predicted molar refractivity (Wildman–Crippen MR) is 40.3 cm³/mol. The van der Waals surface area contributed by atoms with E-state index in [2.05, 4.69) is 11.6 Å². The summed E-state index contributed by atoms with van der Waals surface area (Å²) in [4.78, 5) is 13.8. The highest BCUT2D eigenvalue weighted by Gasteiger charge is 1.99. The Hall–Kier alpha value is -1.38. The van der Waals surface area contributed by atoms with Gasteiger partial charge in [-0.25, -0.2) is 4.79 Å². The Morgan fingerprint density at radius 1 is 1.70 bits per heavy atom. The van der Waals surface area contributed by atoms with Crippen LogP contribution in [-0.4, -0.2) is 24.3 Å². The third kappa shape index (κ3) is 2.81. The zero-order valence-corrected chi connectivity index (χ0v) is 5.74. The van der Waals surface area contributed by atoms with Gasteiger partial charge >= 0.3 is 5.97 Å². The lowest BCUT2D eigenvalue weighted by molar-refractivity contribution is -0.132. The number of nitrogens with zero attached hydrogens (tertiary/aromatic N) is 1. The van der Waals surface area contributed by atoms with Gasteiger partial charge in [0.25, 0.3) is 0 Å². The molecule has 0 heterocycles.